The average Bonchev–Trinajstić information content (AvgIpc) is 3.01. The number of hydrogen-bond acceptors (Lipinski definition) is 5. The number of benzene rings is 1. The number of carbonyl (C=O) groups is 2. The van der Waals surface area contributed by atoms with Crippen molar-refractivity contribution in [2.24, 2.45) is 0 Å². The highest BCUT2D eigenvalue weighted by atomic mass is 16.5. The van der Waals surface area contributed by atoms with E-state index in [0.29, 0.717) is 17.8 Å². The molecule has 0 saturated carbocycles. The van der Waals surface area contributed by atoms with Gasteiger partial charge in [-0.25, -0.2) is 0 Å². The molecule has 0 N–H and O–H groups in total. The predicted molar refractivity (Wildman–Crippen MR) is 119 cm³/mol. The average molecular weight is 414 g/mol. The Kier molecular flexibility index (Phi) is 7.91. The molecule has 164 valence electrons. The topological polar surface area (TPSA) is 53.1 Å². The highest BCUT2D eigenvalue weighted by Crippen LogP contribution is 2.33. The third-order valence-corrected chi connectivity index (χ3v) is 6.08. The first kappa shape index (κ1) is 22.3. The molecule has 6 nitrogen and oxygen atoms in total. The zero-order valence-corrected chi connectivity index (χ0v) is 18.7. The Morgan fingerprint density at radius 2 is 1.50 bits per heavy atom. The molecule has 2 heterocycles. The highest BCUT2D eigenvalue weighted by molar-refractivity contribution is 6.35. The molecule has 1 fully saturated rings. The van der Waals surface area contributed by atoms with Gasteiger partial charge in [0, 0.05) is 32.7 Å². The SMILES string of the molecule is CCCCCCCCN1C(=O)C(c2ccc(OC)cc2)=C(N2CCN(C)CC2)C1=O. The lowest BCUT2D eigenvalue weighted by Crippen LogP contribution is -2.46. The van der Waals surface area contributed by atoms with Gasteiger partial charge < -0.3 is 14.5 Å². The molecule has 0 aromatic heterocycles. The van der Waals surface area contributed by atoms with E-state index in [1.807, 2.05) is 24.3 Å². The number of amides is 2. The molecule has 0 bridgehead atoms. The number of rotatable bonds is 10. The Bertz CT molecular complexity index is 764. The van der Waals surface area contributed by atoms with Crippen molar-refractivity contribution >= 4 is 17.4 Å². The summed E-state index contributed by atoms with van der Waals surface area (Å²) in [6.45, 7) is 6.00. The lowest BCUT2D eigenvalue weighted by molar-refractivity contribution is -0.137. The Morgan fingerprint density at radius 3 is 2.13 bits per heavy atom. The molecule has 1 aromatic rings. The minimum atomic E-state index is -0.160. The molecule has 2 aliphatic rings. The summed E-state index contributed by atoms with van der Waals surface area (Å²) >= 11 is 0. The van der Waals surface area contributed by atoms with Gasteiger partial charge in [0.15, 0.2) is 0 Å². The maximum Gasteiger partial charge on any atom is 0.277 e. The second-order valence-corrected chi connectivity index (χ2v) is 8.27. The molecular formula is C24H35N3O3. The Morgan fingerprint density at radius 1 is 0.867 bits per heavy atom. The van der Waals surface area contributed by atoms with Gasteiger partial charge >= 0.3 is 0 Å². The predicted octanol–water partition coefficient (Wildman–Crippen LogP) is 3.38. The van der Waals surface area contributed by atoms with Gasteiger partial charge in [0.2, 0.25) is 0 Å². The zero-order chi connectivity index (χ0) is 21.5. The third kappa shape index (κ3) is 5.04. The minimum Gasteiger partial charge on any atom is -0.497 e. The molecule has 3 rings (SSSR count). The van der Waals surface area contributed by atoms with Crippen molar-refractivity contribution in [1.82, 2.24) is 14.7 Å². The van der Waals surface area contributed by atoms with Crippen LogP contribution >= 0.6 is 0 Å². The summed E-state index contributed by atoms with van der Waals surface area (Å²) in [5.74, 6) is 0.442. The summed E-state index contributed by atoms with van der Waals surface area (Å²) in [6.07, 6.45) is 6.77. The zero-order valence-electron chi connectivity index (χ0n) is 18.7. The lowest BCUT2D eigenvalue weighted by Gasteiger charge is -2.34. The van der Waals surface area contributed by atoms with Crippen LogP contribution in [0.25, 0.3) is 5.57 Å². The quantitative estimate of drug-likeness (QED) is 0.435. The highest BCUT2D eigenvalue weighted by Gasteiger charge is 2.41. The molecular weight excluding hydrogens is 378 g/mol. The van der Waals surface area contributed by atoms with Crippen LogP contribution in [0.2, 0.25) is 0 Å². The van der Waals surface area contributed by atoms with E-state index < -0.39 is 0 Å². The smallest absolute Gasteiger partial charge is 0.277 e. The first-order valence-corrected chi connectivity index (χ1v) is 11.2. The van der Waals surface area contributed by atoms with Crippen LogP contribution in [0.5, 0.6) is 5.75 Å². The van der Waals surface area contributed by atoms with E-state index in [0.717, 1.165) is 56.8 Å². The molecule has 0 unspecified atom stereocenters. The fraction of sp³-hybridized carbons (Fsp3) is 0.583. The fourth-order valence-corrected chi connectivity index (χ4v) is 4.16. The van der Waals surface area contributed by atoms with Crippen molar-refractivity contribution in [3.05, 3.63) is 35.5 Å². The molecule has 30 heavy (non-hydrogen) atoms. The van der Waals surface area contributed by atoms with Crippen LogP contribution in [0.4, 0.5) is 0 Å². The lowest BCUT2D eigenvalue weighted by atomic mass is 10.0. The van der Waals surface area contributed by atoms with Crippen molar-refractivity contribution in [3.8, 4) is 5.75 Å². The maximum atomic E-state index is 13.3. The molecule has 6 heteroatoms. The van der Waals surface area contributed by atoms with Crippen molar-refractivity contribution in [3.63, 3.8) is 0 Å². The second kappa shape index (κ2) is 10.6. The van der Waals surface area contributed by atoms with Crippen LogP contribution in [0.3, 0.4) is 0 Å². The standard InChI is InChI=1S/C24H35N3O3/c1-4-5-6-7-8-9-14-27-23(28)21(19-10-12-20(30-3)13-11-19)22(24(27)29)26-17-15-25(2)16-18-26/h10-13H,4-9,14-18H2,1-3H3. The summed E-state index contributed by atoms with van der Waals surface area (Å²) in [7, 11) is 3.71. The van der Waals surface area contributed by atoms with Gasteiger partial charge in [0.1, 0.15) is 11.4 Å². The monoisotopic (exact) mass is 413 g/mol. The van der Waals surface area contributed by atoms with Gasteiger partial charge in [-0.3, -0.25) is 14.5 Å². The number of carbonyl (C=O) groups excluding carboxylic acids is 2. The molecule has 0 radical (unpaired) electrons. The number of likely N-dealkylation sites (N-methyl/N-ethyl adjacent to an activating group) is 1. The summed E-state index contributed by atoms with van der Waals surface area (Å²) in [5, 5.41) is 0. The summed E-state index contributed by atoms with van der Waals surface area (Å²) in [6, 6.07) is 7.45. The van der Waals surface area contributed by atoms with Gasteiger partial charge in [-0.15, -0.1) is 0 Å². The van der Waals surface area contributed by atoms with E-state index in [1.54, 1.807) is 7.11 Å². The fourth-order valence-electron chi connectivity index (χ4n) is 4.16. The van der Waals surface area contributed by atoms with E-state index in [2.05, 4.69) is 23.8 Å². The number of piperazine rings is 1. The Labute approximate surface area is 180 Å². The van der Waals surface area contributed by atoms with Crippen molar-refractivity contribution < 1.29 is 14.3 Å². The van der Waals surface area contributed by atoms with Crippen LogP contribution in [-0.4, -0.2) is 73.4 Å². The van der Waals surface area contributed by atoms with Crippen LogP contribution in [0.15, 0.2) is 30.0 Å². The van der Waals surface area contributed by atoms with Gasteiger partial charge in [-0.1, -0.05) is 51.2 Å². The number of unbranched alkanes of at least 4 members (excludes halogenated alkanes) is 5. The molecule has 0 spiro atoms. The van der Waals surface area contributed by atoms with Crippen LogP contribution in [0.1, 0.15) is 51.0 Å². The van der Waals surface area contributed by atoms with Gasteiger partial charge in [-0.2, -0.15) is 0 Å². The Balaban J connectivity index is 1.79. The molecule has 1 saturated heterocycles. The molecule has 0 aliphatic carbocycles. The molecule has 2 aliphatic heterocycles. The summed E-state index contributed by atoms with van der Waals surface area (Å²) < 4.78 is 5.25. The molecule has 2 amide bonds. The van der Waals surface area contributed by atoms with Gasteiger partial charge in [-0.05, 0) is 31.2 Å². The second-order valence-electron chi connectivity index (χ2n) is 8.27. The van der Waals surface area contributed by atoms with E-state index >= 15 is 0 Å². The van der Waals surface area contributed by atoms with E-state index in [1.165, 1.54) is 24.2 Å². The summed E-state index contributed by atoms with van der Waals surface area (Å²) in [5.41, 5.74) is 1.90. The number of imide groups is 1. The largest absolute Gasteiger partial charge is 0.497 e. The van der Waals surface area contributed by atoms with Crippen molar-refractivity contribution in [2.75, 3.05) is 46.9 Å². The van der Waals surface area contributed by atoms with Crippen molar-refractivity contribution in [2.45, 2.75) is 45.4 Å². The number of ether oxygens (including phenoxy) is 1. The third-order valence-electron chi connectivity index (χ3n) is 6.08. The first-order chi connectivity index (χ1) is 14.6. The first-order valence-electron chi connectivity index (χ1n) is 11.2. The minimum absolute atomic E-state index is 0.135. The summed E-state index contributed by atoms with van der Waals surface area (Å²) in [4.78, 5) is 32.5. The van der Waals surface area contributed by atoms with Crippen LogP contribution < -0.4 is 4.74 Å². The number of nitrogens with zero attached hydrogens (tertiary/aromatic N) is 3. The van der Waals surface area contributed by atoms with E-state index in [9.17, 15) is 9.59 Å². The maximum absolute atomic E-state index is 13.3. The van der Waals surface area contributed by atoms with Gasteiger partial charge in [0.05, 0.1) is 12.7 Å². The molecule has 1 aromatic carbocycles. The normalized spacial score (nSPS) is 18.0. The van der Waals surface area contributed by atoms with Crippen LogP contribution in [-0.2, 0) is 9.59 Å². The van der Waals surface area contributed by atoms with E-state index in [4.69, 9.17) is 4.74 Å². The number of hydrogen-bond donors (Lipinski definition) is 0. The van der Waals surface area contributed by atoms with E-state index in [-0.39, 0.29) is 11.8 Å². The number of methoxy groups -OCH3 is 1. The van der Waals surface area contributed by atoms with Crippen LogP contribution in [0, 0.1) is 0 Å². The molecule has 0 atom stereocenters. The Hall–Kier alpha value is -2.34. The van der Waals surface area contributed by atoms with Crippen molar-refractivity contribution in [1.29, 1.82) is 0 Å². The van der Waals surface area contributed by atoms with Gasteiger partial charge in [0.25, 0.3) is 11.8 Å².